The van der Waals surface area contributed by atoms with E-state index in [4.69, 9.17) is 4.74 Å². The molecule has 0 bridgehead atoms. The van der Waals surface area contributed by atoms with Gasteiger partial charge in [0.15, 0.2) is 0 Å². The van der Waals surface area contributed by atoms with Crippen molar-refractivity contribution in [2.75, 3.05) is 6.61 Å². The molecule has 1 aromatic rings. The molecule has 0 unspecified atom stereocenters. The second kappa shape index (κ2) is 4.46. The highest BCUT2D eigenvalue weighted by Gasteiger charge is 2.14. The SMILES string of the molecule is CC(C)(O)CCc1ccc2c(c1)CCCO2. The lowest BCUT2D eigenvalue weighted by molar-refractivity contribution is 0.0714. The number of hydrogen-bond acceptors (Lipinski definition) is 2. The molecular formula is C14H20O2. The van der Waals surface area contributed by atoms with Crippen LogP contribution in [-0.4, -0.2) is 17.3 Å². The summed E-state index contributed by atoms with van der Waals surface area (Å²) in [4.78, 5) is 0. The third-order valence-electron chi connectivity index (χ3n) is 3.00. The summed E-state index contributed by atoms with van der Waals surface area (Å²) in [5.41, 5.74) is 2.04. The summed E-state index contributed by atoms with van der Waals surface area (Å²) in [5, 5.41) is 9.69. The van der Waals surface area contributed by atoms with E-state index in [1.165, 1.54) is 11.1 Å². The van der Waals surface area contributed by atoms with Crippen LogP contribution in [-0.2, 0) is 12.8 Å². The Labute approximate surface area is 97.3 Å². The van der Waals surface area contributed by atoms with Gasteiger partial charge in [-0.3, -0.25) is 0 Å². The van der Waals surface area contributed by atoms with Crippen LogP contribution in [0.3, 0.4) is 0 Å². The van der Waals surface area contributed by atoms with E-state index in [2.05, 4.69) is 18.2 Å². The molecule has 0 aliphatic carbocycles. The molecule has 0 saturated carbocycles. The first-order valence-electron chi connectivity index (χ1n) is 6.02. The first-order valence-corrected chi connectivity index (χ1v) is 6.02. The van der Waals surface area contributed by atoms with Crippen LogP contribution >= 0.6 is 0 Å². The summed E-state index contributed by atoms with van der Waals surface area (Å²) in [7, 11) is 0. The van der Waals surface area contributed by atoms with Crippen molar-refractivity contribution in [1.29, 1.82) is 0 Å². The fraction of sp³-hybridized carbons (Fsp3) is 0.571. The minimum atomic E-state index is -0.577. The number of ether oxygens (including phenoxy) is 1. The summed E-state index contributed by atoms with van der Waals surface area (Å²) >= 11 is 0. The molecule has 0 spiro atoms. The van der Waals surface area contributed by atoms with Gasteiger partial charge in [0.25, 0.3) is 0 Å². The van der Waals surface area contributed by atoms with Crippen LogP contribution in [0.5, 0.6) is 5.75 Å². The maximum atomic E-state index is 9.69. The normalized spacial score (nSPS) is 15.4. The van der Waals surface area contributed by atoms with Crippen molar-refractivity contribution < 1.29 is 9.84 Å². The third-order valence-corrected chi connectivity index (χ3v) is 3.00. The molecule has 0 saturated heterocycles. The van der Waals surface area contributed by atoms with Gasteiger partial charge in [0, 0.05) is 0 Å². The molecule has 2 rings (SSSR count). The van der Waals surface area contributed by atoms with E-state index < -0.39 is 5.60 Å². The van der Waals surface area contributed by atoms with Crippen LogP contribution in [0.25, 0.3) is 0 Å². The molecule has 1 aliphatic rings. The molecule has 2 nitrogen and oxygen atoms in total. The molecule has 1 N–H and O–H groups in total. The lowest BCUT2D eigenvalue weighted by atomic mass is 9.96. The molecule has 1 heterocycles. The van der Waals surface area contributed by atoms with Gasteiger partial charge in [0.2, 0.25) is 0 Å². The molecular weight excluding hydrogens is 200 g/mol. The van der Waals surface area contributed by atoms with Crippen LogP contribution in [0, 0.1) is 0 Å². The fourth-order valence-electron chi connectivity index (χ4n) is 2.02. The van der Waals surface area contributed by atoms with Gasteiger partial charge in [-0.25, -0.2) is 0 Å². The van der Waals surface area contributed by atoms with Crippen LogP contribution in [0.1, 0.15) is 37.8 Å². The van der Waals surface area contributed by atoms with Crippen LogP contribution in [0.4, 0.5) is 0 Å². The molecule has 0 atom stereocenters. The van der Waals surface area contributed by atoms with E-state index in [1.807, 2.05) is 13.8 Å². The maximum absolute atomic E-state index is 9.69. The molecule has 1 aromatic carbocycles. The lowest BCUT2D eigenvalue weighted by Crippen LogP contribution is -2.19. The monoisotopic (exact) mass is 220 g/mol. The van der Waals surface area contributed by atoms with Gasteiger partial charge in [0.1, 0.15) is 5.75 Å². The van der Waals surface area contributed by atoms with Gasteiger partial charge in [-0.1, -0.05) is 12.1 Å². The first-order chi connectivity index (χ1) is 7.54. The summed E-state index contributed by atoms with van der Waals surface area (Å²) in [6.07, 6.45) is 3.96. The summed E-state index contributed by atoms with van der Waals surface area (Å²) in [6.45, 7) is 4.55. The average Bonchev–Trinajstić information content (AvgIpc) is 2.25. The minimum absolute atomic E-state index is 0.577. The number of aryl methyl sites for hydroxylation is 2. The Hall–Kier alpha value is -1.02. The van der Waals surface area contributed by atoms with Gasteiger partial charge >= 0.3 is 0 Å². The predicted octanol–water partition coefficient (Wildman–Crippen LogP) is 2.72. The molecule has 2 heteroatoms. The number of rotatable bonds is 3. The number of fused-ring (bicyclic) bond motifs is 1. The van der Waals surface area contributed by atoms with Gasteiger partial charge in [-0.15, -0.1) is 0 Å². The van der Waals surface area contributed by atoms with E-state index in [1.54, 1.807) is 0 Å². The topological polar surface area (TPSA) is 29.5 Å². The Bertz CT molecular complexity index is 363. The largest absolute Gasteiger partial charge is 0.493 e. The highest BCUT2D eigenvalue weighted by molar-refractivity contribution is 5.38. The zero-order chi connectivity index (χ0) is 11.6. The van der Waals surface area contributed by atoms with Crippen LogP contribution in [0.2, 0.25) is 0 Å². The Morgan fingerprint density at radius 1 is 1.38 bits per heavy atom. The number of benzene rings is 1. The molecule has 16 heavy (non-hydrogen) atoms. The predicted molar refractivity (Wildman–Crippen MR) is 64.9 cm³/mol. The molecule has 1 aliphatic heterocycles. The van der Waals surface area contributed by atoms with Crippen molar-refractivity contribution in [2.24, 2.45) is 0 Å². The van der Waals surface area contributed by atoms with Crippen molar-refractivity contribution in [3.63, 3.8) is 0 Å². The highest BCUT2D eigenvalue weighted by Crippen LogP contribution is 2.26. The first kappa shape index (κ1) is 11.5. The maximum Gasteiger partial charge on any atom is 0.122 e. The van der Waals surface area contributed by atoms with Crippen LogP contribution in [0.15, 0.2) is 18.2 Å². The lowest BCUT2D eigenvalue weighted by Gasteiger charge is -2.20. The average molecular weight is 220 g/mol. The van der Waals surface area contributed by atoms with Gasteiger partial charge in [-0.05, 0) is 56.7 Å². The summed E-state index contributed by atoms with van der Waals surface area (Å²) < 4.78 is 5.57. The van der Waals surface area contributed by atoms with Crippen molar-refractivity contribution in [1.82, 2.24) is 0 Å². The summed E-state index contributed by atoms with van der Waals surface area (Å²) in [5.74, 6) is 1.04. The number of aliphatic hydroxyl groups is 1. The third kappa shape index (κ3) is 2.99. The fourth-order valence-corrected chi connectivity index (χ4v) is 2.02. The quantitative estimate of drug-likeness (QED) is 0.848. The zero-order valence-electron chi connectivity index (χ0n) is 10.1. The second-order valence-electron chi connectivity index (χ2n) is 5.21. The van der Waals surface area contributed by atoms with Gasteiger partial charge in [0.05, 0.1) is 12.2 Å². The molecule has 0 fully saturated rings. The van der Waals surface area contributed by atoms with Gasteiger partial charge in [-0.2, -0.15) is 0 Å². The number of hydrogen-bond donors (Lipinski definition) is 1. The highest BCUT2D eigenvalue weighted by atomic mass is 16.5. The van der Waals surface area contributed by atoms with E-state index in [0.29, 0.717) is 0 Å². The van der Waals surface area contributed by atoms with Crippen molar-refractivity contribution in [3.8, 4) is 5.75 Å². The van der Waals surface area contributed by atoms with E-state index in [0.717, 1.165) is 38.0 Å². The van der Waals surface area contributed by atoms with E-state index in [9.17, 15) is 5.11 Å². The minimum Gasteiger partial charge on any atom is -0.493 e. The Morgan fingerprint density at radius 2 is 2.19 bits per heavy atom. The van der Waals surface area contributed by atoms with Crippen molar-refractivity contribution in [3.05, 3.63) is 29.3 Å². The second-order valence-corrected chi connectivity index (χ2v) is 5.21. The summed E-state index contributed by atoms with van der Waals surface area (Å²) in [6, 6.07) is 6.39. The Balaban J connectivity index is 2.06. The Morgan fingerprint density at radius 3 is 2.94 bits per heavy atom. The standard InChI is InChI=1S/C14H20O2/c1-14(2,15)8-7-11-5-6-13-12(10-11)4-3-9-16-13/h5-6,10,15H,3-4,7-9H2,1-2H3. The molecule has 0 amide bonds. The van der Waals surface area contributed by atoms with E-state index >= 15 is 0 Å². The van der Waals surface area contributed by atoms with Gasteiger partial charge < -0.3 is 9.84 Å². The zero-order valence-corrected chi connectivity index (χ0v) is 10.1. The smallest absolute Gasteiger partial charge is 0.122 e. The van der Waals surface area contributed by atoms with E-state index in [-0.39, 0.29) is 0 Å². The molecule has 0 radical (unpaired) electrons. The molecule has 88 valence electrons. The van der Waals surface area contributed by atoms with Crippen molar-refractivity contribution >= 4 is 0 Å². The van der Waals surface area contributed by atoms with Crippen molar-refractivity contribution in [2.45, 2.75) is 45.1 Å². The molecule has 0 aromatic heterocycles. The van der Waals surface area contributed by atoms with Crippen LogP contribution < -0.4 is 4.74 Å². The Kier molecular flexibility index (Phi) is 3.20.